The van der Waals surface area contributed by atoms with Crippen molar-refractivity contribution in [3.63, 3.8) is 0 Å². The van der Waals surface area contributed by atoms with E-state index < -0.39 is 0 Å². The van der Waals surface area contributed by atoms with Gasteiger partial charge in [-0.25, -0.2) is 14.4 Å². The molecule has 0 unspecified atom stereocenters. The summed E-state index contributed by atoms with van der Waals surface area (Å²) < 4.78 is 13.2. The maximum atomic E-state index is 13.2. The fourth-order valence-electron chi connectivity index (χ4n) is 2.55. The Morgan fingerprint density at radius 2 is 2.00 bits per heavy atom. The average molecular weight is 307 g/mol. The molecular formula is C15H16ClFN4. The van der Waals surface area contributed by atoms with E-state index in [1.807, 2.05) is 6.07 Å². The van der Waals surface area contributed by atoms with E-state index in [0.717, 1.165) is 44.1 Å². The molecule has 1 fully saturated rings. The molecule has 1 saturated heterocycles. The van der Waals surface area contributed by atoms with Gasteiger partial charge in [-0.15, -0.1) is 0 Å². The van der Waals surface area contributed by atoms with Crippen LogP contribution in [0.4, 0.5) is 10.2 Å². The Balaban J connectivity index is 1.59. The fourth-order valence-corrected chi connectivity index (χ4v) is 2.77. The van der Waals surface area contributed by atoms with Gasteiger partial charge < -0.3 is 4.90 Å². The number of rotatable bonds is 3. The highest BCUT2D eigenvalue weighted by molar-refractivity contribution is 6.32. The number of benzene rings is 1. The lowest BCUT2D eigenvalue weighted by Crippen LogP contribution is -2.46. The molecule has 1 aliphatic rings. The number of hydrogen-bond donors (Lipinski definition) is 0. The molecule has 6 heteroatoms. The third-order valence-electron chi connectivity index (χ3n) is 3.62. The number of aromatic nitrogens is 2. The van der Waals surface area contributed by atoms with Crippen molar-refractivity contribution in [2.45, 2.75) is 6.54 Å². The normalized spacial score (nSPS) is 16.2. The summed E-state index contributed by atoms with van der Waals surface area (Å²) in [4.78, 5) is 12.6. The van der Waals surface area contributed by atoms with Crippen LogP contribution < -0.4 is 4.90 Å². The van der Waals surface area contributed by atoms with Crippen molar-refractivity contribution in [2.24, 2.45) is 0 Å². The number of piperazine rings is 1. The van der Waals surface area contributed by atoms with E-state index in [-0.39, 0.29) is 5.82 Å². The first-order valence-electron chi connectivity index (χ1n) is 6.89. The Kier molecular flexibility index (Phi) is 4.31. The van der Waals surface area contributed by atoms with E-state index in [4.69, 9.17) is 11.6 Å². The van der Waals surface area contributed by atoms with Crippen molar-refractivity contribution >= 4 is 17.4 Å². The maximum Gasteiger partial charge on any atom is 0.150 e. The average Bonchev–Trinajstić information content (AvgIpc) is 2.49. The minimum atomic E-state index is -0.182. The molecule has 2 aromatic rings. The first-order chi connectivity index (χ1) is 10.2. The number of halogens is 2. The summed E-state index contributed by atoms with van der Waals surface area (Å²) in [6.07, 6.45) is 3.13. The molecule has 0 saturated carbocycles. The topological polar surface area (TPSA) is 32.3 Å². The third-order valence-corrected chi connectivity index (χ3v) is 3.88. The molecule has 1 aliphatic heterocycles. The second-order valence-electron chi connectivity index (χ2n) is 5.09. The van der Waals surface area contributed by atoms with E-state index in [9.17, 15) is 4.39 Å². The van der Waals surface area contributed by atoms with Crippen molar-refractivity contribution in [2.75, 3.05) is 31.1 Å². The zero-order chi connectivity index (χ0) is 14.7. The smallest absolute Gasteiger partial charge is 0.150 e. The first kappa shape index (κ1) is 14.2. The summed E-state index contributed by atoms with van der Waals surface area (Å²) in [5.41, 5.74) is 1.00. The molecule has 1 aromatic carbocycles. The van der Waals surface area contributed by atoms with Crippen molar-refractivity contribution in [3.05, 3.63) is 53.2 Å². The lowest BCUT2D eigenvalue weighted by atomic mass is 10.2. The minimum Gasteiger partial charge on any atom is -0.353 e. The SMILES string of the molecule is Fc1cccc(CN2CCN(c3ncncc3Cl)CC2)c1. The van der Waals surface area contributed by atoms with Gasteiger partial charge in [0.25, 0.3) is 0 Å². The minimum absolute atomic E-state index is 0.182. The molecule has 0 amide bonds. The Morgan fingerprint density at radius 1 is 1.19 bits per heavy atom. The first-order valence-corrected chi connectivity index (χ1v) is 7.27. The highest BCUT2D eigenvalue weighted by Gasteiger charge is 2.19. The molecule has 110 valence electrons. The Bertz CT molecular complexity index is 614. The summed E-state index contributed by atoms with van der Waals surface area (Å²) in [6, 6.07) is 6.77. The van der Waals surface area contributed by atoms with Gasteiger partial charge in [0.15, 0.2) is 5.82 Å². The summed E-state index contributed by atoms with van der Waals surface area (Å²) in [5.74, 6) is 0.607. The van der Waals surface area contributed by atoms with Crippen LogP contribution in [0.1, 0.15) is 5.56 Å². The van der Waals surface area contributed by atoms with Crippen LogP contribution in [0.2, 0.25) is 5.02 Å². The second-order valence-corrected chi connectivity index (χ2v) is 5.49. The molecule has 0 spiro atoms. The maximum absolute atomic E-state index is 13.2. The van der Waals surface area contributed by atoms with Gasteiger partial charge in [0.1, 0.15) is 17.2 Å². The van der Waals surface area contributed by atoms with Crippen LogP contribution in [0, 0.1) is 5.82 Å². The fraction of sp³-hybridized carbons (Fsp3) is 0.333. The Morgan fingerprint density at radius 3 is 2.71 bits per heavy atom. The Labute approximate surface area is 128 Å². The molecular weight excluding hydrogens is 291 g/mol. The predicted molar refractivity (Wildman–Crippen MR) is 80.9 cm³/mol. The summed E-state index contributed by atoms with van der Waals surface area (Å²) in [6.45, 7) is 4.27. The van der Waals surface area contributed by atoms with Gasteiger partial charge >= 0.3 is 0 Å². The van der Waals surface area contributed by atoms with E-state index in [1.54, 1.807) is 18.3 Å². The third kappa shape index (κ3) is 3.49. The largest absolute Gasteiger partial charge is 0.353 e. The van der Waals surface area contributed by atoms with Crippen LogP contribution in [-0.4, -0.2) is 41.0 Å². The van der Waals surface area contributed by atoms with Gasteiger partial charge in [-0.2, -0.15) is 0 Å². The van der Waals surface area contributed by atoms with Crippen LogP contribution >= 0.6 is 11.6 Å². The van der Waals surface area contributed by atoms with Crippen LogP contribution in [-0.2, 0) is 6.54 Å². The zero-order valence-corrected chi connectivity index (χ0v) is 12.3. The molecule has 0 radical (unpaired) electrons. The Hall–Kier alpha value is -1.72. The van der Waals surface area contributed by atoms with Gasteiger partial charge in [-0.05, 0) is 17.7 Å². The number of anilines is 1. The standard InChI is InChI=1S/C15H16ClFN4/c16-14-9-18-11-19-15(14)21-6-4-20(5-7-21)10-12-2-1-3-13(17)8-12/h1-3,8-9,11H,4-7,10H2. The van der Waals surface area contributed by atoms with Crippen LogP contribution in [0.5, 0.6) is 0 Å². The van der Waals surface area contributed by atoms with Crippen molar-refractivity contribution in [1.82, 2.24) is 14.9 Å². The van der Waals surface area contributed by atoms with Gasteiger partial charge in [0.05, 0.1) is 6.20 Å². The molecule has 0 atom stereocenters. The van der Waals surface area contributed by atoms with E-state index in [1.165, 1.54) is 12.4 Å². The lowest BCUT2D eigenvalue weighted by Gasteiger charge is -2.35. The van der Waals surface area contributed by atoms with Crippen molar-refractivity contribution in [3.8, 4) is 0 Å². The van der Waals surface area contributed by atoms with E-state index in [2.05, 4.69) is 19.8 Å². The molecule has 0 aliphatic carbocycles. The summed E-state index contributed by atoms with van der Waals surface area (Å²) in [7, 11) is 0. The molecule has 2 heterocycles. The highest BCUT2D eigenvalue weighted by Crippen LogP contribution is 2.22. The van der Waals surface area contributed by atoms with Crippen LogP contribution in [0.3, 0.4) is 0 Å². The second kappa shape index (κ2) is 6.37. The molecule has 1 aromatic heterocycles. The van der Waals surface area contributed by atoms with Crippen LogP contribution in [0.15, 0.2) is 36.8 Å². The zero-order valence-electron chi connectivity index (χ0n) is 11.5. The molecule has 21 heavy (non-hydrogen) atoms. The number of nitrogens with zero attached hydrogens (tertiary/aromatic N) is 4. The molecule has 3 rings (SSSR count). The van der Waals surface area contributed by atoms with Crippen molar-refractivity contribution < 1.29 is 4.39 Å². The quantitative estimate of drug-likeness (QED) is 0.872. The molecule has 0 bridgehead atoms. The van der Waals surface area contributed by atoms with Gasteiger partial charge in [-0.1, -0.05) is 23.7 Å². The highest BCUT2D eigenvalue weighted by atomic mass is 35.5. The van der Waals surface area contributed by atoms with Gasteiger partial charge in [0, 0.05) is 32.7 Å². The summed E-state index contributed by atoms with van der Waals surface area (Å²) >= 11 is 6.12. The monoisotopic (exact) mass is 306 g/mol. The summed E-state index contributed by atoms with van der Waals surface area (Å²) in [5, 5.41) is 0.580. The lowest BCUT2D eigenvalue weighted by molar-refractivity contribution is 0.249. The van der Waals surface area contributed by atoms with Crippen molar-refractivity contribution in [1.29, 1.82) is 0 Å². The van der Waals surface area contributed by atoms with E-state index in [0.29, 0.717) is 5.02 Å². The molecule has 4 nitrogen and oxygen atoms in total. The van der Waals surface area contributed by atoms with Gasteiger partial charge in [0.2, 0.25) is 0 Å². The van der Waals surface area contributed by atoms with Gasteiger partial charge in [-0.3, -0.25) is 4.90 Å². The predicted octanol–water partition coefficient (Wildman–Crippen LogP) is 2.59. The number of hydrogen-bond acceptors (Lipinski definition) is 4. The van der Waals surface area contributed by atoms with Crippen LogP contribution in [0.25, 0.3) is 0 Å². The van der Waals surface area contributed by atoms with E-state index >= 15 is 0 Å². The molecule has 0 N–H and O–H groups in total.